The number of hydrogen-bond acceptors (Lipinski definition) is 7. The number of hydrogen-bond donors (Lipinski definition) is 3. The van der Waals surface area contributed by atoms with Crippen LogP contribution in [0, 0.1) is 0 Å². The lowest BCUT2D eigenvalue weighted by molar-refractivity contribution is 0.109. The Hall–Kier alpha value is -2.17. The van der Waals surface area contributed by atoms with Crippen molar-refractivity contribution in [1.29, 1.82) is 0 Å². The molecular weight excluding hydrogens is 414 g/mol. The average molecular weight is 440 g/mol. The molecule has 0 radical (unpaired) electrons. The van der Waals surface area contributed by atoms with Crippen molar-refractivity contribution >= 4 is 27.5 Å². The van der Waals surface area contributed by atoms with E-state index in [-0.39, 0.29) is 34.8 Å². The number of thiazole rings is 1. The van der Waals surface area contributed by atoms with Gasteiger partial charge in [-0.05, 0) is 51.7 Å². The molecular formula is C19H25N3O5S2. The van der Waals surface area contributed by atoms with E-state index in [9.17, 15) is 18.3 Å². The summed E-state index contributed by atoms with van der Waals surface area (Å²) in [5.41, 5.74) is 0.431. The van der Waals surface area contributed by atoms with Crippen molar-refractivity contribution in [2.75, 3.05) is 0 Å². The first-order valence-corrected chi connectivity index (χ1v) is 11.8. The lowest BCUT2D eigenvalue weighted by atomic mass is 9.86. The molecule has 0 saturated heterocycles. The predicted molar refractivity (Wildman–Crippen MR) is 110 cm³/mol. The molecule has 1 saturated carbocycles. The van der Waals surface area contributed by atoms with Crippen LogP contribution in [0.2, 0.25) is 0 Å². The molecule has 1 fully saturated rings. The summed E-state index contributed by atoms with van der Waals surface area (Å²) in [6.07, 6.45) is 4.51. The van der Waals surface area contributed by atoms with Gasteiger partial charge in [0.1, 0.15) is 5.75 Å². The summed E-state index contributed by atoms with van der Waals surface area (Å²) in [7, 11) is -3.98. The van der Waals surface area contributed by atoms with Crippen LogP contribution in [0.3, 0.4) is 0 Å². The van der Waals surface area contributed by atoms with Crippen molar-refractivity contribution in [3.05, 3.63) is 29.4 Å². The van der Waals surface area contributed by atoms with E-state index in [0.29, 0.717) is 10.4 Å². The van der Waals surface area contributed by atoms with Crippen LogP contribution in [-0.4, -0.2) is 36.7 Å². The highest BCUT2D eigenvalue weighted by atomic mass is 32.2. The zero-order chi connectivity index (χ0) is 21.2. The molecule has 29 heavy (non-hydrogen) atoms. The van der Waals surface area contributed by atoms with Gasteiger partial charge in [0, 0.05) is 29.8 Å². The van der Waals surface area contributed by atoms with E-state index >= 15 is 0 Å². The second-order valence-electron chi connectivity index (χ2n) is 7.44. The lowest BCUT2D eigenvalue weighted by Crippen LogP contribution is -2.38. The molecule has 2 aromatic rings. The van der Waals surface area contributed by atoms with Gasteiger partial charge in [-0.3, -0.25) is 0 Å². The fourth-order valence-electron chi connectivity index (χ4n) is 3.45. The van der Waals surface area contributed by atoms with Crippen LogP contribution < -0.4 is 10.5 Å². The number of aromatic hydroxyl groups is 1. The highest BCUT2D eigenvalue weighted by Gasteiger charge is 2.27. The monoisotopic (exact) mass is 439 g/mol. The van der Waals surface area contributed by atoms with E-state index in [4.69, 9.17) is 9.88 Å². The van der Waals surface area contributed by atoms with Gasteiger partial charge in [0.15, 0.2) is 0 Å². The van der Waals surface area contributed by atoms with Crippen LogP contribution in [0.4, 0.5) is 4.79 Å². The van der Waals surface area contributed by atoms with Gasteiger partial charge in [0.25, 0.3) is 0 Å². The minimum atomic E-state index is -3.98. The summed E-state index contributed by atoms with van der Waals surface area (Å²) in [6, 6.07) is 4.20. The molecule has 0 bridgehead atoms. The Labute approximate surface area is 174 Å². The number of carbonyl (C=O) groups is 1. The quantitative estimate of drug-likeness (QED) is 0.655. The summed E-state index contributed by atoms with van der Waals surface area (Å²) < 4.78 is 28.9. The topological polar surface area (TPSA) is 132 Å². The Morgan fingerprint density at radius 3 is 2.62 bits per heavy atom. The molecule has 1 aliphatic carbocycles. The minimum Gasteiger partial charge on any atom is -0.508 e. The molecule has 0 unspecified atom stereocenters. The molecule has 1 heterocycles. The van der Waals surface area contributed by atoms with Crippen LogP contribution in [0.25, 0.3) is 10.4 Å². The highest BCUT2D eigenvalue weighted by Crippen LogP contribution is 2.39. The third-order valence-corrected chi connectivity index (χ3v) is 6.95. The number of primary sulfonamides is 1. The lowest BCUT2D eigenvalue weighted by Gasteiger charge is -2.28. The maximum Gasteiger partial charge on any atom is 0.407 e. The van der Waals surface area contributed by atoms with Gasteiger partial charge in [-0.25, -0.2) is 23.3 Å². The smallest absolute Gasteiger partial charge is 0.407 e. The Balaban J connectivity index is 1.69. The number of phenols is 1. The highest BCUT2D eigenvalue weighted by molar-refractivity contribution is 7.89. The normalized spacial score (nSPS) is 19.9. The zero-order valence-electron chi connectivity index (χ0n) is 16.3. The zero-order valence-corrected chi connectivity index (χ0v) is 17.9. The third kappa shape index (κ3) is 5.46. The molecule has 1 amide bonds. The number of nitrogens with two attached hydrogens (primary N) is 1. The molecule has 0 spiro atoms. The molecule has 1 aliphatic rings. The van der Waals surface area contributed by atoms with Crippen molar-refractivity contribution < 1.29 is 23.1 Å². The Morgan fingerprint density at radius 1 is 1.31 bits per heavy atom. The van der Waals surface area contributed by atoms with Crippen molar-refractivity contribution in [3.63, 3.8) is 0 Å². The third-order valence-electron chi connectivity index (χ3n) is 4.80. The molecule has 3 rings (SSSR count). The number of nitrogens with one attached hydrogen (secondary N) is 1. The van der Waals surface area contributed by atoms with Gasteiger partial charge in [-0.2, -0.15) is 0 Å². The standard InChI is InChI=1S/C19H25N3O5S2/c1-11(2)27-19(24)22-13-5-3-12(4-6-13)18-21-10-16(28-18)15-8-7-14(23)9-17(15)29(20,25)26/h7-13,23H,3-6H2,1-2H3,(H,22,24)(H2,20,25,26)/t12-,13-. The van der Waals surface area contributed by atoms with Crippen LogP contribution in [0.1, 0.15) is 50.5 Å². The molecule has 158 valence electrons. The van der Waals surface area contributed by atoms with Gasteiger partial charge in [-0.15, -0.1) is 11.3 Å². The average Bonchev–Trinajstić information content (AvgIpc) is 3.10. The van der Waals surface area contributed by atoms with E-state index in [2.05, 4.69) is 10.3 Å². The fraction of sp³-hybridized carbons (Fsp3) is 0.474. The van der Waals surface area contributed by atoms with E-state index < -0.39 is 10.0 Å². The Morgan fingerprint density at radius 2 is 2.00 bits per heavy atom. The van der Waals surface area contributed by atoms with Gasteiger partial charge < -0.3 is 15.2 Å². The number of rotatable bonds is 5. The first-order valence-electron chi connectivity index (χ1n) is 9.42. The summed E-state index contributed by atoms with van der Waals surface area (Å²) in [6.45, 7) is 3.62. The second-order valence-corrected chi connectivity index (χ2v) is 10.0. The van der Waals surface area contributed by atoms with Crippen molar-refractivity contribution in [2.45, 2.75) is 62.5 Å². The number of alkyl carbamates (subject to hydrolysis) is 1. The van der Waals surface area contributed by atoms with E-state index in [1.807, 2.05) is 13.8 Å². The molecule has 1 aromatic heterocycles. The number of benzene rings is 1. The maximum atomic E-state index is 11.9. The van der Waals surface area contributed by atoms with Crippen LogP contribution in [-0.2, 0) is 14.8 Å². The SMILES string of the molecule is CC(C)OC(=O)N[C@H]1CC[C@H](c2ncc(-c3ccc(O)cc3S(N)(=O)=O)s2)CC1. The van der Waals surface area contributed by atoms with Crippen LogP contribution in [0.5, 0.6) is 5.75 Å². The molecule has 8 nitrogen and oxygen atoms in total. The van der Waals surface area contributed by atoms with Gasteiger partial charge >= 0.3 is 6.09 Å². The van der Waals surface area contributed by atoms with Crippen LogP contribution in [0.15, 0.2) is 29.3 Å². The number of nitrogens with zero attached hydrogens (tertiary/aromatic N) is 1. The van der Waals surface area contributed by atoms with E-state index in [1.165, 1.54) is 23.5 Å². The van der Waals surface area contributed by atoms with Crippen LogP contribution >= 0.6 is 11.3 Å². The van der Waals surface area contributed by atoms with Crippen molar-refractivity contribution in [1.82, 2.24) is 10.3 Å². The Bertz CT molecular complexity index is 979. The van der Waals surface area contributed by atoms with Crippen molar-refractivity contribution in [2.24, 2.45) is 5.14 Å². The van der Waals surface area contributed by atoms with Gasteiger partial charge in [-0.1, -0.05) is 0 Å². The van der Waals surface area contributed by atoms with Gasteiger partial charge in [0.05, 0.1) is 20.9 Å². The van der Waals surface area contributed by atoms with Gasteiger partial charge in [0.2, 0.25) is 10.0 Å². The number of amides is 1. The molecule has 0 atom stereocenters. The number of aromatic nitrogens is 1. The largest absolute Gasteiger partial charge is 0.508 e. The van der Waals surface area contributed by atoms with E-state index in [0.717, 1.165) is 36.8 Å². The molecule has 1 aromatic carbocycles. The first kappa shape index (κ1) is 21.5. The number of ether oxygens (including phenoxy) is 1. The predicted octanol–water partition coefficient (Wildman–Crippen LogP) is 3.32. The number of phenolic OH excluding ortho intramolecular Hbond substituents is 1. The summed E-state index contributed by atoms with van der Waals surface area (Å²) in [5, 5.41) is 18.7. The molecule has 4 N–H and O–H groups in total. The Kier molecular flexibility index (Phi) is 6.45. The summed E-state index contributed by atoms with van der Waals surface area (Å²) in [5.74, 6) is 0.0901. The summed E-state index contributed by atoms with van der Waals surface area (Å²) in [4.78, 5) is 16.8. The first-order chi connectivity index (χ1) is 13.6. The fourth-order valence-corrected chi connectivity index (χ4v) is 5.41. The van der Waals surface area contributed by atoms with Crippen molar-refractivity contribution in [3.8, 4) is 16.2 Å². The molecule has 10 heteroatoms. The number of carbonyl (C=O) groups excluding carboxylic acids is 1. The minimum absolute atomic E-state index is 0.0861. The number of sulfonamides is 1. The van der Waals surface area contributed by atoms with E-state index in [1.54, 1.807) is 6.20 Å². The summed E-state index contributed by atoms with van der Waals surface area (Å²) >= 11 is 1.43. The molecule has 0 aliphatic heterocycles. The second kappa shape index (κ2) is 8.68. The maximum absolute atomic E-state index is 11.9.